The molecule has 0 unspecified atom stereocenters. The number of furan rings is 1. The normalized spacial score (nSPS) is 11.0. The smallest absolute Gasteiger partial charge is 0.134 e. The number of aliphatic hydroxyl groups excluding tert-OH is 1. The van der Waals surface area contributed by atoms with Gasteiger partial charge in [0.2, 0.25) is 0 Å². The summed E-state index contributed by atoms with van der Waals surface area (Å²) >= 11 is 0. The second-order valence-corrected chi connectivity index (χ2v) is 5.71. The molecular weight excluding hydrogens is 305 g/mol. The summed E-state index contributed by atoms with van der Waals surface area (Å²) in [4.78, 5) is 0. The molecule has 0 radical (unpaired) electrons. The third-order valence-corrected chi connectivity index (χ3v) is 4.10. The minimum atomic E-state index is -0.232. The highest BCUT2D eigenvalue weighted by Gasteiger charge is 2.10. The molecule has 1 heterocycles. The zero-order valence-electron chi connectivity index (χ0n) is 13.6. The van der Waals surface area contributed by atoms with Crippen molar-refractivity contribution in [2.75, 3.05) is 0 Å². The van der Waals surface area contributed by atoms with E-state index in [1.165, 1.54) is 6.07 Å². The lowest BCUT2D eigenvalue weighted by atomic mass is 10.1. The molecule has 124 valence electrons. The van der Waals surface area contributed by atoms with E-state index in [1.54, 1.807) is 13.0 Å². The molecule has 3 rings (SSSR count). The molecule has 0 aliphatic carbocycles. The van der Waals surface area contributed by atoms with Crippen LogP contribution in [-0.2, 0) is 19.7 Å². The van der Waals surface area contributed by atoms with Gasteiger partial charge >= 0.3 is 0 Å². The largest absolute Gasteiger partial charge is 0.460 e. The Hall–Kier alpha value is -2.43. The van der Waals surface area contributed by atoms with E-state index in [0.29, 0.717) is 24.4 Å². The van der Waals surface area contributed by atoms with Gasteiger partial charge in [0, 0.05) is 12.1 Å². The highest BCUT2D eigenvalue weighted by Crippen LogP contribution is 2.27. The molecule has 0 saturated heterocycles. The Bertz CT molecular complexity index is 826. The van der Waals surface area contributed by atoms with Crippen molar-refractivity contribution < 1.29 is 13.9 Å². The molecule has 0 amide bonds. The monoisotopic (exact) mass is 325 g/mol. The molecule has 3 aromatic rings. The summed E-state index contributed by atoms with van der Waals surface area (Å²) in [6.45, 7) is 2.98. The lowest BCUT2D eigenvalue weighted by Crippen LogP contribution is -2.13. The summed E-state index contributed by atoms with van der Waals surface area (Å²) in [6, 6.07) is 16.5. The molecule has 0 bridgehead atoms. The van der Waals surface area contributed by atoms with E-state index >= 15 is 0 Å². The first-order valence-corrected chi connectivity index (χ1v) is 7.91. The third-order valence-electron chi connectivity index (χ3n) is 4.10. The Kier molecular flexibility index (Phi) is 5.08. The predicted molar refractivity (Wildman–Crippen MR) is 91.7 cm³/mol. The highest BCUT2D eigenvalue weighted by molar-refractivity contribution is 5.62. The van der Waals surface area contributed by atoms with Gasteiger partial charge in [-0.3, -0.25) is 0 Å². The van der Waals surface area contributed by atoms with Crippen molar-refractivity contribution in [3.8, 4) is 11.3 Å². The fourth-order valence-corrected chi connectivity index (χ4v) is 2.70. The molecule has 0 aliphatic rings. The van der Waals surface area contributed by atoms with Gasteiger partial charge in [-0.05, 0) is 41.8 Å². The Morgan fingerprint density at radius 1 is 0.958 bits per heavy atom. The van der Waals surface area contributed by atoms with Crippen LogP contribution in [0.4, 0.5) is 4.39 Å². The average molecular weight is 325 g/mol. The first-order valence-electron chi connectivity index (χ1n) is 7.91. The van der Waals surface area contributed by atoms with Gasteiger partial charge in [-0.2, -0.15) is 0 Å². The van der Waals surface area contributed by atoms with Crippen LogP contribution < -0.4 is 5.32 Å². The SMILES string of the molecule is Cc1c(F)cccc1-c1ccc(CNCc2ccccc2CO)o1. The van der Waals surface area contributed by atoms with E-state index < -0.39 is 0 Å². The lowest BCUT2D eigenvalue weighted by Gasteiger charge is -2.08. The molecule has 3 nitrogen and oxygen atoms in total. The maximum absolute atomic E-state index is 13.7. The molecule has 24 heavy (non-hydrogen) atoms. The Morgan fingerprint density at radius 3 is 2.54 bits per heavy atom. The molecule has 0 saturated carbocycles. The quantitative estimate of drug-likeness (QED) is 0.715. The van der Waals surface area contributed by atoms with Crippen molar-refractivity contribution >= 4 is 0 Å². The summed E-state index contributed by atoms with van der Waals surface area (Å²) in [5, 5.41) is 12.6. The number of aliphatic hydroxyl groups is 1. The number of benzene rings is 2. The van der Waals surface area contributed by atoms with Gasteiger partial charge in [0.1, 0.15) is 17.3 Å². The van der Waals surface area contributed by atoms with Crippen LogP contribution in [0.15, 0.2) is 59.0 Å². The second-order valence-electron chi connectivity index (χ2n) is 5.71. The van der Waals surface area contributed by atoms with Crippen molar-refractivity contribution in [1.82, 2.24) is 5.32 Å². The van der Waals surface area contributed by atoms with Crippen LogP contribution in [0.25, 0.3) is 11.3 Å². The van der Waals surface area contributed by atoms with Gasteiger partial charge in [0.15, 0.2) is 0 Å². The fraction of sp³-hybridized carbons (Fsp3) is 0.200. The topological polar surface area (TPSA) is 45.4 Å². The van der Waals surface area contributed by atoms with Gasteiger partial charge in [-0.25, -0.2) is 4.39 Å². The van der Waals surface area contributed by atoms with Gasteiger partial charge in [0.05, 0.1) is 13.2 Å². The molecule has 0 fully saturated rings. The lowest BCUT2D eigenvalue weighted by molar-refractivity contribution is 0.280. The maximum atomic E-state index is 13.7. The van der Waals surface area contributed by atoms with Crippen LogP contribution in [-0.4, -0.2) is 5.11 Å². The standard InChI is InChI=1S/C20H20FNO2/c1-14-18(7-4-8-19(14)21)20-10-9-17(24-20)12-22-11-15-5-2-3-6-16(15)13-23/h2-10,22-23H,11-13H2,1H3. The van der Waals surface area contributed by atoms with Gasteiger partial charge in [-0.1, -0.05) is 36.4 Å². The molecule has 2 aromatic carbocycles. The van der Waals surface area contributed by atoms with E-state index in [1.807, 2.05) is 42.5 Å². The number of nitrogens with one attached hydrogen (secondary N) is 1. The summed E-state index contributed by atoms with van der Waals surface area (Å²) < 4.78 is 19.5. The van der Waals surface area contributed by atoms with Crippen molar-refractivity contribution in [3.63, 3.8) is 0 Å². The molecule has 1 aromatic heterocycles. The van der Waals surface area contributed by atoms with Gasteiger partial charge < -0.3 is 14.8 Å². The maximum Gasteiger partial charge on any atom is 0.134 e. The number of rotatable bonds is 6. The minimum Gasteiger partial charge on any atom is -0.460 e. The first kappa shape index (κ1) is 16.4. The summed E-state index contributed by atoms with van der Waals surface area (Å²) in [5.41, 5.74) is 3.34. The van der Waals surface area contributed by atoms with Crippen LogP contribution in [0.2, 0.25) is 0 Å². The van der Waals surface area contributed by atoms with Crippen LogP contribution in [0, 0.1) is 12.7 Å². The van der Waals surface area contributed by atoms with Gasteiger partial charge in [-0.15, -0.1) is 0 Å². The third kappa shape index (κ3) is 3.55. The van der Waals surface area contributed by atoms with Crippen molar-refractivity contribution in [1.29, 1.82) is 0 Å². The van der Waals surface area contributed by atoms with Crippen molar-refractivity contribution in [2.45, 2.75) is 26.6 Å². The molecule has 0 aliphatic heterocycles. The zero-order valence-corrected chi connectivity index (χ0v) is 13.6. The summed E-state index contributed by atoms with van der Waals surface area (Å²) in [5.74, 6) is 1.22. The van der Waals surface area contributed by atoms with Crippen LogP contribution in [0.3, 0.4) is 0 Å². The van der Waals surface area contributed by atoms with E-state index in [2.05, 4.69) is 5.32 Å². The van der Waals surface area contributed by atoms with Crippen molar-refractivity contribution in [2.24, 2.45) is 0 Å². The van der Waals surface area contributed by atoms with Crippen LogP contribution in [0.5, 0.6) is 0 Å². The van der Waals surface area contributed by atoms with Crippen LogP contribution >= 0.6 is 0 Å². The molecule has 0 spiro atoms. The summed E-state index contributed by atoms with van der Waals surface area (Å²) in [6.07, 6.45) is 0. The number of halogens is 1. The van der Waals surface area contributed by atoms with E-state index in [0.717, 1.165) is 22.5 Å². The summed E-state index contributed by atoms with van der Waals surface area (Å²) in [7, 11) is 0. The Balaban J connectivity index is 1.65. The van der Waals surface area contributed by atoms with Crippen molar-refractivity contribution in [3.05, 3.63) is 82.9 Å². The zero-order chi connectivity index (χ0) is 16.9. The van der Waals surface area contributed by atoms with E-state index in [4.69, 9.17) is 4.42 Å². The second kappa shape index (κ2) is 7.43. The molecule has 0 atom stereocenters. The van der Waals surface area contributed by atoms with Gasteiger partial charge in [0.25, 0.3) is 0 Å². The fourth-order valence-electron chi connectivity index (χ4n) is 2.70. The first-order chi connectivity index (χ1) is 11.7. The highest BCUT2D eigenvalue weighted by atomic mass is 19.1. The minimum absolute atomic E-state index is 0.0294. The van der Waals surface area contributed by atoms with E-state index in [9.17, 15) is 9.50 Å². The number of hydrogen-bond donors (Lipinski definition) is 2. The predicted octanol–water partition coefficient (Wildman–Crippen LogP) is 4.18. The van der Waals surface area contributed by atoms with E-state index in [-0.39, 0.29) is 12.4 Å². The number of hydrogen-bond acceptors (Lipinski definition) is 3. The Morgan fingerprint density at radius 2 is 1.75 bits per heavy atom. The molecule has 4 heteroatoms. The average Bonchev–Trinajstić information content (AvgIpc) is 3.06. The Labute approximate surface area is 140 Å². The van der Waals surface area contributed by atoms with Crippen LogP contribution in [0.1, 0.15) is 22.5 Å². The molecule has 2 N–H and O–H groups in total. The molecular formula is C20H20FNO2.